The van der Waals surface area contributed by atoms with Crippen molar-refractivity contribution >= 4 is 34.0 Å². The number of ether oxygens (including phenoxy) is 2. The normalized spacial score (nSPS) is 10.7. The number of nitrogens with zero attached hydrogens (tertiary/aromatic N) is 3. The number of nitrogens with one attached hydrogen (secondary N) is 1. The summed E-state index contributed by atoms with van der Waals surface area (Å²) in [5, 5.41) is 18.6. The van der Waals surface area contributed by atoms with E-state index in [2.05, 4.69) is 10.4 Å². The van der Waals surface area contributed by atoms with Gasteiger partial charge in [-0.25, -0.2) is 9.48 Å². The molecule has 0 aliphatic heterocycles. The van der Waals surface area contributed by atoms with Crippen molar-refractivity contribution in [1.82, 2.24) is 9.78 Å². The monoisotopic (exact) mass is 482 g/mol. The molecule has 1 amide bonds. The lowest BCUT2D eigenvalue weighted by Crippen LogP contribution is -2.28. The van der Waals surface area contributed by atoms with Crippen LogP contribution in [0.15, 0.2) is 41.2 Å². The van der Waals surface area contributed by atoms with Crippen molar-refractivity contribution in [1.29, 1.82) is 0 Å². The number of fused-ring (bicyclic) bond motifs is 1. The van der Waals surface area contributed by atoms with Crippen molar-refractivity contribution in [3.05, 3.63) is 68.1 Å². The molecular weight excluding hydrogens is 456 g/mol. The van der Waals surface area contributed by atoms with Gasteiger partial charge in [0, 0.05) is 29.8 Å². The Hall–Kier alpha value is -4.28. The molecule has 0 aliphatic carbocycles. The van der Waals surface area contributed by atoms with Gasteiger partial charge in [0.05, 0.1) is 17.4 Å². The number of rotatable bonds is 10. The molecule has 0 atom stereocenters. The fraction of sp³-hybridized carbons (Fsp3) is 0.333. The van der Waals surface area contributed by atoms with Crippen LogP contribution >= 0.6 is 0 Å². The number of aryl methyl sites for hydroxylation is 2. The molecule has 1 N–H and O–H groups in total. The lowest BCUT2D eigenvalue weighted by atomic mass is 10.1. The molecule has 1 aromatic heterocycles. The van der Waals surface area contributed by atoms with Crippen LogP contribution in [0.2, 0.25) is 0 Å². The number of esters is 1. The van der Waals surface area contributed by atoms with Crippen LogP contribution in [0.4, 0.5) is 11.4 Å². The van der Waals surface area contributed by atoms with Crippen LogP contribution in [0.25, 0.3) is 10.8 Å². The Morgan fingerprint density at radius 2 is 1.89 bits per heavy atom. The Balaban J connectivity index is 1.78. The average Bonchev–Trinajstić information content (AvgIpc) is 2.85. The topological polar surface area (TPSA) is 143 Å². The van der Waals surface area contributed by atoms with E-state index >= 15 is 0 Å². The number of carbonyl (C=O) groups excluding carboxylic acids is 2. The minimum absolute atomic E-state index is 0.0195. The molecule has 2 aromatic carbocycles. The number of benzene rings is 2. The smallest absolute Gasteiger partial charge is 0.359 e. The van der Waals surface area contributed by atoms with Crippen LogP contribution in [-0.2, 0) is 16.1 Å². The van der Waals surface area contributed by atoms with E-state index in [4.69, 9.17) is 9.47 Å². The van der Waals surface area contributed by atoms with E-state index < -0.39 is 23.4 Å². The van der Waals surface area contributed by atoms with Gasteiger partial charge in [-0.3, -0.25) is 19.7 Å². The summed E-state index contributed by atoms with van der Waals surface area (Å²) in [6, 6.07) is 9.20. The maximum absolute atomic E-state index is 12.8. The molecule has 11 heteroatoms. The molecule has 3 aromatic rings. The number of hydrogen-bond donors (Lipinski definition) is 1. The molecule has 3 rings (SSSR count). The van der Waals surface area contributed by atoms with Gasteiger partial charge < -0.3 is 14.8 Å². The fourth-order valence-corrected chi connectivity index (χ4v) is 3.55. The third-order valence-electron chi connectivity index (χ3n) is 5.37. The first-order chi connectivity index (χ1) is 16.8. The first-order valence-corrected chi connectivity index (χ1v) is 11.1. The Labute approximate surface area is 200 Å². The van der Waals surface area contributed by atoms with Crippen LogP contribution in [-0.4, -0.2) is 40.3 Å². The number of carbonyl (C=O) groups is 2. The number of hydrogen-bond acceptors (Lipinski definition) is 8. The summed E-state index contributed by atoms with van der Waals surface area (Å²) in [4.78, 5) is 48.6. The quantitative estimate of drug-likeness (QED) is 0.200. The number of unbranched alkanes of at least 4 members (excludes halogenated alkanes) is 2. The molecule has 0 radical (unpaired) electrons. The Morgan fingerprint density at radius 1 is 1.17 bits per heavy atom. The molecule has 1 heterocycles. The summed E-state index contributed by atoms with van der Waals surface area (Å²) in [5.74, 6) is -1.52. The highest BCUT2D eigenvalue weighted by Crippen LogP contribution is 2.32. The molecule has 0 unspecified atom stereocenters. The lowest BCUT2D eigenvalue weighted by Gasteiger charge is -2.12. The maximum atomic E-state index is 12.8. The van der Waals surface area contributed by atoms with E-state index in [1.165, 1.54) is 23.9 Å². The van der Waals surface area contributed by atoms with Crippen molar-refractivity contribution in [3.63, 3.8) is 0 Å². The lowest BCUT2D eigenvalue weighted by molar-refractivity contribution is -0.385. The van der Waals surface area contributed by atoms with E-state index in [1.54, 1.807) is 31.2 Å². The summed E-state index contributed by atoms with van der Waals surface area (Å²) >= 11 is 0. The second-order valence-electron chi connectivity index (χ2n) is 7.85. The largest absolute Gasteiger partial charge is 0.490 e. The van der Waals surface area contributed by atoms with Crippen LogP contribution in [0.3, 0.4) is 0 Å². The first kappa shape index (κ1) is 25.3. The molecule has 0 bridgehead atoms. The van der Waals surface area contributed by atoms with Gasteiger partial charge in [-0.15, -0.1) is 0 Å². The van der Waals surface area contributed by atoms with Gasteiger partial charge >= 0.3 is 11.7 Å². The van der Waals surface area contributed by atoms with Crippen LogP contribution in [0, 0.1) is 17.0 Å². The van der Waals surface area contributed by atoms with Crippen molar-refractivity contribution < 1.29 is 24.0 Å². The highest BCUT2D eigenvalue weighted by molar-refractivity contribution is 6.03. The van der Waals surface area contributed by atoms with Crippen molar-refractivity contribution in [3.8, 4) is 5.75 Å². The van der Waals surface area contributed by atoms with Gasteiger partial charge in [0.2, 0.25) is 0 Å². The van der Waals surface area contributed by atoms with Gasteiger partial charge in [-0.1, -0.05) is 38.0 Å². The molecule has 0 aliphatic rings. The molecule has 0 spiro atoms. The van der Waals surface area contributed by atoms with Gasteiger partial charge in [0.15, 0.2) is 18.1 Å². The molecule has 11 nitrogen and oxygen atoms in total. The van der Waals surface area contributed by atoms with Crippen LogP contribution in [0.1, 0.15) is 42.2 Å². The molecular formula is C24H26N4O7. The molecule has 0 saturated heterocycles. The summed E-state index contributed by atoms with van der Waals surface area (Å²) in [5.41, 5.74) is 0.123. The van der Waals surface area contributed by atoms with E-state index in [1.807, 2.05) is 6.92 Å². The van der Waals surface area contributed by atoms with E-state index in [9.17, 15) is 24.5 Å². The predicted octanol–water partition coefficient (Wildman–Crippen LogP) is 3.61. The molecule has 184 valence electrons. The Kier molecular flexibility index (Phi) is 8.13. The second kappa shape index (κ2) is 11.2. The Bertz CT molecular complexity index is 1330. The minimum atomic E-state index is -0.849. The number of aromatic nitrogens is 2. The zero-order valence-corrected chi connectivity index (χ0v) is 19.7. The third-order valence-corrected chi connectivity index (χ3v) is 5.37. The van der Waals surface area contributed by atoms with E-state index in [-0.39, 0.29) is 28.4 Å². The Morgan fingerprint density at radius 3 is 2.54 bits per heavy atom. The van der Waals surface area contributed by atoms with E-state index in [0.29, 0.717) is 22.9 Å². The number of anilines is 1. The fourth-order valence-electron chi connectivity index (χ4n) is 3.55. The number of methoxy groups -OCH3 is 1. The van der Waals surface area contributed by atoms with Gasteiger partial charge in [-0.05, 0) is 25.0 Å². The van der Waals surface area contributed by atoms with E-state index in [0.717, 1.165) is 19.3 Å². The van der Waals surface area contributed by atoms with Crippen molar-refractivity contribution in [2.45, 2.75) is 39.7 Å². The highest BCUT2D eigenvalue weighted by atomic mass is 16.6. The van der Waals surface area contributed by atoms with Gasteiger partial charge in [0.25, 0.3) is 11.5 Å². The maximum Gasteiger partial charge on any atom is 0.359 e. The second-order valence-corrected chi connectivity index (χ2v) is 7.85. The van der Waals surface area contributed by atoms with Crippen molar-refractivity contribution in [2.24, 2.45) is 0 Å². The first-order valence-electron chi connectivity index (χ1n) is 11.1. The van der Waals surface area contributed by atoms with Crippen LogP contribution < -0.4 is 15.6 Å². The number of amides is 1. The average molecular weight is 482 g/mol. The molecule has 35 heavy (non-hydrogen) atoms. The number of nitro groups is 1. The van der Waals surface area contributed by atoms with Gasteiger partial charge in [0.1, 0.15) is 0 Å². The molecule has 0 saturated carbocycles. The SMILES string of the molecule is CCCCCn1nc(C(=O)OCC(=O)Nc2cc(OC)c([N+](=O)[O-])cc2C)c2ccccc2c1=O. The predicted molar refractivity (Wildman–Crippen MR) is 129 cm³/mol. The van der Waals surface area contributed by atoms with Gasteiger partial charge in [-0.2, -0.15) is 5.10 Å². The summed E-state index contributed by atoms with van der Waals surface area (Å²) < 4.78 is 11.5. The zero-order chi connectivity index (χ0) is 25.5. The summed E-state index contributed by atoms with van der Waals surface area (Å²) in [7, 11) is 1.28. The summed E-state index contributed by atoms with van der Waals surface area (Å²) in [6.07, 6.45) is 2.61. The zero-order valence-electron chi connectivity index (χ0n) is 19.7. The minimum Gasteiger partial charge on any atom is -0.490 e. The molecule has 0 fully saturated rings. The van der Waals surface area contributed by atoms with Crippen molar-refractivity contribution in [2.75, 3.05) is 19.0 Å². The standard InChI is InChI=1S/C24H26N4O7/c1-4-5-8-11-27-23(30)17-10-7-6-9-16(17)22(26-27)24(31)35-14-21(29)25-18-13-20(34-3)19(28(32)33)12-15(18)2/h6-7,9-10,12-13H,4-5,8,11,14H2,1-3H3,(H,25,29). The highest BCUT2D eigenvalue weighted by Gasteiger charge is 2.21. The number of nitro benzene ring substituents is 1. The third kappa shape index (κ3) is 5.81. The summed E-state index contributed by atoms with van der Waals surface area (Å²) in [6.45, 7) is 3.37. The van der Waals surface area contributed by atoms with Crippen LogP contribution in [0.5, 0.6) is 5.75 Å².